The first kappa shape index (κ1) is 22.9. The second kappa shape index (κ2) is 8.73. The van der Waals surface area contributed by atoms with Gasteiger partial charge in [0.25, 0.3) is 0 Å². The summed E-state index contributed by atoms with van der Waals surface area (Å²) >= 11 is 0. The number of fused-ring (bicyclic) bond motifs is 4. The molecule has 8 heteroatoms. The van der Waals surface area contributed by atoms with Crippen LogP contribution in [0.25, 0.3) is 0 Å². The Morgan fingerprint density at radius 2 is 2.00 bits per heavy atom. The van der Waals surface area contributed by atoms with E-state index in [1.165, 1.54) is 0 Å². The van der Waals surface area contributed by atoms with Crippen LogP contribution in [0.2, 0.25) is 0 Å². The molecule has 1 aromatic rings. The summed E-state index contributed by atoms with van der Waals surface area (Å²) in [5.74, 6) is 1.62. The van der Waals surface area contributed by atoms with E-state index >= 15 is 0 Å². The lowest BCUT2D eigenvalue weighted by atomic mass is 9.46. The minimum atomic E-state index is -0.482. The lowest BCUT2D eigenvalue weighted by molar-refractivity contribution is -0.305. The number of nitrogens with two attached hydrogens (primary N) is 1. The smallest absolute Gasteiger partial charge is 0.231 e. The molecule has 1 amide bonds. The summed E-state index contributed by atoms with van der Waals surface area (Å²) in [6.07, 6.45) is 3.03. The van der Waals surface area contributed by atoms with E-state index in [9.17, 15) is 9.90 Å². The van der Waals surface area contributed by atoms with Gasteiger partial charge in [0, 0.05) is 24.9 Å². The first-order valence-electron chi connectivity index (χ1n) is 12.1. The summed E-state index contributed by atoms with van der Waals surface area (Å²) < 4.78 is 22.9. The van der Waals surface area contributed by atoms with Gasteiger partial charge in [0.05, 0.1) is 18.8 Å². The van der Waals surface area contributed by atoms with Gasteiger partial charge in [-0.3, -0.25) is 4.79 Å². The molecule has 2 aliphatic carbocycles. The summed E-state index contributed by atoms with van der Waals surface area (Å²) in [6.45, 7) is 6.12. The summed E-state index contributed by atoms with van der Waals surface area (Å²) in [5.41, 5.74) is 6.45. The monoisotopic (exact) mass is 460 g/mol. The molecule has 3 fully saturated rings. The maximum atomic E-state index is 13.0. The summed E-state index contributed by atoms with van der Waals surface area (Å²) in [6, 6.07) is 5.69. The van der Waals surface area contributed by atoms with Crippen molar-refractivity contribution < 1.29 is 28.8 Å². The van der Waals surface area contributed by atoms with Crippen molar-refractivity contribution in [2.45, 2.75) is 71.0 Å². The van der Waals surface area contributed by atoms with E-state index in [2.05, 4.69) is 19.2 Å². The molecule has 2 heterocycles. The van der Waals surface area contributed by atoms with Crippen molar-refractivity contribution in [1.82, 2.24) is 5.32 Å². The highest BCUT2D eigenvalue weighted by molar-refractivity contribution is 5.76. The Kier molecular flexibility index (Phi) is 6.05. The molecule has 4 aliphatic rings. The van der Waals surface area contributed by atoms with Gasteiger partial charge in [0.1, 0.15) is 0 Å². The highest BCUT2D eigenvalue weighted by Crippen LogP contribution is 2.62. The van der Waals surface area contributed by atoms with Gasteiger partial charge in [-0.25, -0.2) is 0 Å². The molecule has 2 aliphatic heterocycles. The van der Waals surface area contributed by atoms with Crippen LogP contribution in [-0.2, 0) is 20.8 Å². The lowest BCUT2D eigenvalue weighted by Crippen LogP contribution is -2.63. The van der Waals surface area contributed by atoms with Crippen LogP contribution in [0, 0.1) is 22.7 Å². The van der Waals surface area contributed by atoms with Gasteiger partial charge in [0.2, 0.25) is 12.7 Å². The molecule has 1 aromatic carbocycles. The number of nitrogens with one attached hydrogen (secondary N) is 1. The Hall–Kier alpha value is -1.87. The van der Waals surface area contributed by atoms with Crippen molar-refractivity contribution in [3.63, 3.8) is 0 Å². The molecule has 182 valence electrons. The minimum absolute atomic E-state index is 0.0368. The second-order valence-electron chi connectivity index (χ2n) is 10.6. The van der Waals surface area contributed by atoms with Crippen molar-refractivity contribution in [2.24, 2.45) is 28.4 Å². The zero-order valence-electron chi connectivity index (χ0n) is 19.5. The molecule has 7 atom stereocenters. The molecular formula is C25H36N2O6. The number of carbonyl (C=O) groups is 1. The normalized spacial score (nSPS) is 39.5. The van der Waals surface area contributed by atoms with E-state index in [4.69, 9.17) is 24.7 Å². The highest BCUT2D eigenvalue weighted by atomic mass is 16.7. The van der Waals surface area contributed by atoms with Crippen molar-refractivity contribution in [3.8, 4) is 11.5 Å². The maximum absolute atomic E-state index is 13.0. The largest absolute Gasteiger partial charge is 0.454 e. The molecule has 33 heavy (non-hydrogen) atoms. The molecule has 5 rings (SSSR count). The molecule has 0 bridgehead atoms. The molecule has 4 N–H and O–H groups in total. The molecule has 0 aromatic heterocycles. The van der Waals surface area contributed by atoms with Gasteiger partial charge < -0.3 is 35.1 Å². The Bertz CT molecular complexity index is 896. The number of aliphatic hydroxyl groups excluding tert-OH is 1. The van der Waals surface area contributed by atoms with E-state index in [0.717, 1.165) is 30.6 Å². The Balaban J connectivity index is 1.26. The Morgan fingerprint density at radius 1 is 1.18 bits per heavy atom. The predicted octanol–water partition coefficient (Wildman–Crippen LogP) is 2.32. The Morgan fingerprint density at radius 3 is 2.82 bits per heavy atom. The zero-order chi connectivity index (χ0) is 23.2. The van der Waals surface area contributed by atoms with Gasteiger partial charge in [0.15, 0.2) is 17.8 Å². The number of hydrogen-bond donors (Lipinski definition) is 3. The molecule has 0 radical (unpaired) electrons. The van der Waals surface area contributed by atoms with Crippen LogP contribution >= 0.6 is 0 Å². The van der Waals surface area contributed by atoms with Gasteiger partial charge in [-0.15, -0.1) is 0 Å². The van der Waals surface area contributed by atoms with E-state index in [1.54, 1.807) is 0 Å². The third kappa shape index (κ3) is 4.01. The number of carbonyl (C=O) groups excluding carboxylic acids is 1. The van der Waals surface area contributed by atoms with Crippen molar-refractivity contribution >= 4 is 5.91 Å². The van der Waals surface area contributed by atoms with Gasteiger partial charge in [-0.1, -0.05) is 19.9 Å². The Labute approximate surface area is 195 Å². The molecule has 0 unspecified atom stereocenters. The van der Waals surface area contributed by atoms with Crippen LogP contribution in [0.15, 0.2) is 18.2 Å². The van der Waals surface area contributed by atoms with Gasteiger partial charge in [-0.2, -0.15) is 0 Å². The van der Waals surface area contributed by atoms with Crippen LogP contribution in [0.3, 0.4) is 0 Å². The van der Waals surface area contributed by atoms with Crippen LogP contribution in [0.5, 0.6) is 11.5 Å². The third-order valence-electron chi connectivity index (χ3n) is 8.76. The molecular weight excluding hydrogens is 424 g/mol. The second-order valence-corrected chi connectivity index (χ2v) is 10.6. The van der Waals surface area contributed by atoms with Crippen LogP contribution < -0.4 is 20.5 Å². The molecule has 1 saturated heterocycles. The fourth-order valence-electron chi connectivity index (χ4n) is 6.93. The summed E-state index contributed by atoms with van der Waals surface area (Å²) in [4.78, 5) is 13.0. The number of hydrogen-bond acceptors (Lipinski definition) is 7. The fourth-order valence-corrected chi connectivity index (χ4v) is 6.93. The van der Waals surface area contributed by atoms with Crippen LogP contribution in [0.1, 0.15) is 51.5 Å². The van der Waals surface area contributed by atoms with Crippen LogP contribution in [0.4, 0.5) is 0 Å². The average Bonchev–Trinajstić information content (AvgIpc) is 3.27. The number of aliphatic hydroxyl groups is 1. The van der Waals surface area contributed by atoms with E-state index in [0.29, 0.717) is 44.2 Å². The average molecular weight is 461 g/mol. The van der Waals surface area contributed by atoms with E-state index in [-0.39, 0.29) is 41.8 Å². The molecule has 8 nitrogen and oxygen atoms in total. The maximum Gasteiger partial charge on any atom is 0.231 e. The standard InChI is InChI=1S/C25H36N2O6/c1-24-8-7-21-25(2,13-30-23(11-26)33-21)20(24)6-4-17(28)16(24)10-22(29)27-12-15-3-5-18-19(9-15)32-14-31-18/h3,5,9,16-17,20-21,23,28H,4,6-8,10-14,26H2,1-2H3,(H,27,29)/t16-,17-,20+,21-,23-,24+,25+/m1/s1. The van der Waals surface area contributed by atoms with E-state index in [1.807, 2.05) is 18.2 Å². The quantitative estimate of drug-likeness (QED) is 0.618. The zero-order valence-corrected chi connectivity index (χ0v) is 19.5. The molecule has 0 spiro atoms. The lowest BCUT2D eigenvalue weighted by Gasteiger charge is -2.62. The highest BCUT2D eigenvalue weighted by Gasteiger charge is 2.61. The summed E-state index contributed by atoms with van der Waals surface area (Å²) in [7, 11) is 0. The summed E-state index contributed by atoms with van der Waals surface area (Å²) in [5, 5.41) is 14.0. The third-order valence-corrected chi connectivity index (χ3v) is 8.76. The number of rotatable bonds is 5. The fraction of sp³-hybridized carbons (Fsp3) is 0.720. The number of benzene rings is 1. The topological polar surface area (TPSA) is 112 Å². The van der Waals surface area contributed by atoms with E-state index < -0.39 is 6.10 Å². The predicted molar refractivity (Wildman–Crippen MR) is 120 cm³/mol. The number of amides is 1. The SMILES string of the molecule is C[C@@]12CO[C@@H](CN)O[C@@H]1CC[C@]1(C)[C@@H]2CC[C@@H](O)[C@H]1CC(=O)NCc1ccc2c(c1)OCO2. The number of ether oxygens (including phenoxy) is 4. The first-order valence-corrected chi connectivity index (χ1v) is 12.1. The minimum Gasteiger partial charge on any atom is -0.454 e. The van der Waals surface area contributed by atoms with Crippen LogP contribution in [-0.4, -0.2) is 49.5 Å². The van der Waals surface area contributed by atoms with Gasteiger partial charge in [-0.05, 0) is 60.6 Å². The van der Waals surface area contributed by atoms with Gasteiger partial charge >= 0.3 is 0 Å². The molecule has 2 saturated carbocycles. The van der Waals surface area contributed by atoms with Crippen molar-refractivity contribution in [2.75, 3.05) is 19.9 Å². The van der Waals surface area contributed by atoms with Crippen molar-refractivity contribution in [3.05, 3.63) is 23.8 Å². The van der Waals surface area contributed by atoms with Crippen molar-refractivity contribution in [1.29, 1.82) is 0 Å². The first-order chi connectivity index (χ1) is 15.8.